The van der Waals surface area contributed by atoms with Gasteiger partial charge in [0.1, 0.15) is 5.82 Å². The molecule has 0 saturated carbocycles. The number of hydrazine groups is 1. The van der Waals surface area contributed by atoms with Crippen molar-refractivity contribution in [3.63, 3.8) is 0 Å². The van der Waals surface area contributed by atoms with Crippen LogP contribution in [0.2, 0.25) is 0 Å². The predicted molar refractivity (Wildman–Crippen MR) is 79.9 cm³/mol. The molecule has 3 N–H and O–H groups in total. The lowest BCUT2D eigenvalue weighted by molar-refractivity contribution is 0.600. The minimum Gasteiger partial charge on any atom is -0.271 e. The van der Waals surface area contributed by atoms with Gasteiger partial charge in [-0.15, -0.1) is 0 Å². The van der Waals surface area contributed by atoms with Crippen molar-refractivity contribution < 1.29 is 12.8 Å². The Morgan fingerprint density at radius 1 is 1.10 bits per heavy atom. The number of sulfone groups is 1. The molecule has 2 rings (SSSR count). The number of nitrogens with two attached hydrogens (primary N) is 1. The molecular weight excluding hydrogens is 291 g/mol. The Labute approximate surface area is 123 Å². The molecule has 0 aliphatic rings. The van der Waals surface area contributed by atoms with E-state index in [2.05, 4.69) is 5.43 Å². The zero-order chi connectivity index (χ0) is 15.6. The molecule has 2 aromatic carbocycles. The molecule has 21 heavy (non-hydrogen) atoms. The fourth-order valence-corrected chi connectivity index (χ4v) is 2.77. The maximum Gasteiger partial charge on any atom is 0.175 e. The first-order chi connectivity index (χ1) is 9.82. The third kappa shape index (κ3) is 3.47. The summed E-state index contributed by atoms with van der Waals surface area (Å²) >= 11 is 0. The summed E-state index contributed by atoms with van der Waals surface area (Å²) in [4.78, 5) is 0.248. The van der Waals surface area contributed by atoms with Gasteiger partial charge in [0.25, 0.3) is 0 Å². The van der Waals surface area contributed by atoms with Gasteiger partial charge in [-0.05, 0) is 41.8 Å². The summed E-state index contributed by atoms with van der Waals surface area (Å²) < 4.78 is 36.2. The molecule has 1 atom stereocenters. The van der Waals surface area contributed by atoms with Crippen LogP contribution in [0.5, 0.6) is 0 Å². The zero-order valence-electron chi connectivity index (χ0n) is 11.8. The standard InChI is InChI=1S/C15H17FN2O2S/c1-10-9-12(5-8-14(10)16)15(18-17)11-3-6-13(7-4-11)21(2,19)20/h3-9,15,18H,17H2,1-2H3. The highest BCUT2D eigenvalue weighted by Gasteiger charge is 2.15. The first-order valence-corrected chi connectivity index (χ1v) is 8.24. The Balaban J connectivity index is 2.39. The number of benzene rings is 2. The molecule has 112 valence electrons. The van der Waals surface area contributed by atoms with Crippen molar-refractivity contribution in [1.82, 2.24) is 5.43 Å². The molecule has 0 radical (unpaired) electrons. The molecule has 0 heterocycles. The van der Waals surface area contributed by atoms with Gasteiger partial charge in [-0.3, -0.25) is 5.84 Å². The van der Waals surface area contributed by atoms with Gasteiger partial charge in [0, 0.05) is 6.26 Å². The van der Waals surface area contributed by atoms with Crippen molar-refractivity contribution in [2.45, 2.75) is 17.9 Å². The number of aryl methyl sites for hydroxylation is 1. The highest BCUT2D eigenvalue weighted by molar-refractivity contribution is 7.90. The molecule has 0 fully saturated rings. The first-order valence-electron chi connectivity index (χ1n) is 6.35. The molecule has 4 nitrogen and oxygen atoms in total. The van der Waals surface area contributed by atoms with Crippen LogP contribution in [0.4, 0.5) is 4.39 Å². The highest BCUT2D eigenvalue weighted by Crippen LogP contribution is 2.24. The quantitative estimate of drug-likeness (QED) is 0.670. The summed E-state index contributed by atoms with van der Waals surface area (Å²) in [7, 11) is -3.23. The number of hydrogen-bond donors (Lipinski definition) is 2. The van der Waals surface area contributed by atoms with E-state index in [0.29, 0.717) is 5.56 Å². The molecule has 6 heteroatoms. The van der Waals surface area contributed by atoms with Crippen LogP contribution >= 0.6 is 0 Å². The van der Waals surface area contributed by atoms with Gasteiger partial charge in [-0.2, -0.15) is 0 Å². The lowest BCUT2D eigenvalue weighted by Gasteiger charge is -2.18. The molecule has 0 saturated heterocycles. The molecule has 0 spiro atoms. The van der Waals surface area contributed by atoms with Gasteiger partial charge in [0.05, 0.1) is 10.9 Å². The maximum absolute atomic E-state index is 13.3. The SMILES string of the molecule is Cc1cc(C(NN)c2ccc(S(C)(=O)=O)cc2)ccc1F. The van der Waals surface area contributed by atoms with E-state index in [1.807, 2.05) is 0 Å². The van der Waals surface area contributed by atoms with E-state index in [9.17, 15) is 12.8 Å². The van der Waals surface area contributed by atoms with Gasteiger partial charge in [-0.1, -0.05) is 24.3 Å². The van der Waals surface area contributed by atoms with Crippen LogP contribution in [0.1, 0.15) is 22.7 Å². The molecule has 1 unspecified atom stereocenters. The molecule has 0 amide bonds. The first kappa shape index (κ1) is 15.6. The van der Waals surface area contributed by atoms with Gasteiger partial charge < -0.3 is 0 Å². The third-order valence-electron chi connectivity index (χ3n) is 3.32. The summed E-state index contributed by atoms with van der Waals surface area (Å²) in [6, 6.07) is 10.9. The van der Waals surface area contributed by atoms with Crippen LogP contribution in [0.15, 0.2) is 47.4 Å². The predicted octanol–water partition coefficient (Wildman–Crippen LogP) is 2.09. The lowest BCUT2D eigenvalue weighted by Crippen LogP contribution is -2.29. The van der Waals surface area contributed by atoms with Crippen molar-refractivity contribution in [2.75, 3.05) is 6.26 Å². The van der Waals surface area contributed by atoms with Gasteiger partial charge in [-0.25, -0.2) is 18.2 Å². The topological polar surface area (TPSA) is 72.2 Å². The Bertz CT molecular complexity index is 743. The Hall–Kier alpha value is -1.76. The van der Waals surface area contributed by atoms with E-state index in [-0.39, 0.29) is 16.8 Å². The summed E-state index contributed by atoms with van der Waals surface area (Å²) in [5, 5.41) is 0. The Morgan fingerprint density at radius 2 is 1.67 bits per heavy atom. The van der Waals surface area contributed by atoms with E-state index in [0.717, 1.165) is 17.4 Å². The van der Waals surface area contributed by atoms with E-state index >= 15 is 0 Å². The lowest BCUT2D eigenvalue weighted by atomic mass is 9.98. The largest absolute Gasteiger partial charge is 0.271 e. The second-order valence-electron chi connectivity index (χ2n) is 4.95. The fourth-order valence-electron chi connectivity index (χ4n) is 2.14. The normalized spacial score (nSPS) is 13.1. The minimum absolute atomic E-state index is 0.248. The number of rotatable bonds is 4. The van der Waals surface area contributed by atoms with E-state index in [4.69, 9.17) is 5.84 Å². The van der Waals surface area contributed by atoms with Gasteiger partial charge >= 0.3 is 0 Å². The van der Waals surface area contributed by atoms with E-state index in [1.165, 1.54) is 18.2 Å². The smallest absolute Gasteiger partial charge is 0.175 e. The summed E-state index contributed by atoms with van der Waals surface area (Å²) in [5.74, 6) is 5.31. The Kier molecular flexibility index (Phi) is 4.41. The van der Waals surface area contributed by atoms with Gasteiger partial charge in [0.2, 0.25) is 0 Å². The van der Waals surface area contributed by atoms with Gasteiger partial charge in [0.15, 0.2) is 9.84 Å². The summed E-state index contributed by atoms with van der Waals surface area (Å²) in [6.07, 6.45) is 1.16. The molecule has 0 aromatic heterocycles. The molecule has 2 aromatic rings. The molecule has 0 bridgehead atoms. The van der Waals surface area contributed by atoms with Crippen LogP contribution in [-0.4, -0.2) is 14.7 Å². The van der Waals surface area contributed by atoms with E-state index in [1.54, 1.807) is 31.2 Å². The minimum atomic E-state index is -3.23. The Morgan fingerprint density at radius 3 is 2.14 bits per heavy atom. The molecular formula is C15H17FN2O2S. The van der Waals surface area contributed by atoms with Crippen LogP contribution in [0, 0.1) is 12.7 Å². The average molecular weight is 308 g/mol. The van der Waals surface area contributed by atoms with Crippen LogP contribution in [-0.2, 0) is 9.84 Å². The zero-order valence-corrected chi connectivity index (χ0v) is 12.6. The number of halogens is 1. The average Bonchev–Trinajstić information content (AvgIpc) is 2.43. The van der Waals surface area contributed by atoms with Crippen LogP contribution < -0.4 is 11.3 Å². The van der Waals surface area contributed by atoms with Crippen LogP contribution in [0.25, 0.3) is 0 Å². The number of nitrogens with one attached hydrogen (secondary N) is 1. The van der Waals surface area contributed by atoms with E-state index < -0.39 is 9.84 Å². The number of hydrogen-bond acceptors (Lipinski definition) is 4. The van der Waals surface area contributed by atoms with Crippen molar-refractivity contribution in [1.29, 1.82) is 0 Å². The molecule has 0 aliphatic carbocycles. The molecule has 0 aliphatic heterocycles. The second kappa shape index (κ2) is 5.93. The van der Waals surface area contributed by atoms with Crippen molar-refractivity contribution >= 4 is 9.84 Å². The van der Waals surface area contributed by atoms with Crippen LogP contribution in [0.3, 0.4) is 0 Å². The van der Waals surface area contributed by atoms with Crippen molar-refractivity contribution in [3.05, 3.63) is 65.0 Å². The second-order valence-corrected chi connectivity index (χ2v) is 6.97. The highest BCUT2D eigenvalue weighted by atomic mass is 32.2. The van der Waals surface area contributed by atoms with Crippen molar-refractivity contribution in [3.8, 4) is 0 Å². The third-order valence-corrected chi connectivity index (χ3v) is 4.45. The summed E-state index contributed by atoms with van der Waals surface area (Å²) in [6.45, 7) is 1.68. The fraction of sp³-hybridized carbons (Fsp3) is 0.200. The summed E-state index contributed by atoms with van der Waals surface area (Å²) in [5.41, 5.74) is 4.81. The maximum atomic E-state index is 13.3. The van der Waals surface area contributed by atoms with Crippen molar-refractivity contribution in [2.24, 2.45) is 5.84 Å². The monoisotopic (exact) mass is 308 g/mol.